The Hall–Kier alpha value is -0.120. The van der Waals surface area contributed by atoms with Crippen LogP contribution in [0.3, 0.4) is 0 Å². The monoisotopic (exact) mass is 271 g/mol. The molecule has 1 saturated heterocycles. The average molecular weight is 271 g/mol. The minimum atomic E-state index is 0.175. The Labute approximate surface area is 119 Å². The van der Waals surface area contributed by atoms with Crippen LogP contribution in [0.15, 0.2) is 0 Å². The van der Waals surface area contributed by atoms with Gasteiger partial charge in [-0.2, -0.15) is 0 Å². The van der Waals surface area contributed by atoms with Gasteiger partial charge in [0, 0.05) is 18.7 Å². The van der Waals surface area contributed by atoms with Gasteiger partial charge in [0.05, 0.1) is 18.8 Å². The van der Waals surface area contributed by atoms with E-state index in [9.17, 15) is 0 Å². The molecule has 1 aliphatic heterocycles. The second kappa shape index (κ2) is 8.23. The molecule has 1 N–H and O–H groups in total. The van der Waals surface area contributed by atoms with Crippen LogP contribution in [0.1, 0.15) is 60.3 Å². The van der Waals surface area contributed by atoms with E-state index in [1.54, 1.807) is 0 Å². The van der Waals surface area contributed by atoms with Gasteiger partial charge in [0.1, 0.15) is 0 Å². The summed E-state index contributed by atoms with van der Waals surface area (Å²) < 4.78 is 11.7. The van der Waals surface area contributed by atoms with Crippen LogP contribution in [0, 0.1) is 5.92 Å². The summed E-state index contributed by atoms with van der Waals surface area (Å²) in [6.45, 7) is 13.7. The SMILES string of the molecule is CC(C)CCCOCC1CCC(CNC(C)(C)C)O1. The molecule has 3 nitrogen and oxygen atoms in total. The standard InChI is InChI=1S/C16H33NO2/c1-13(2)7-6-10-18-12-15-9-8-14(19-15)11-17-16(3,4)5/h13-15,17H,6-12H2,1-5H3. The molecule has 0 aromatic heterocycles. The second-order valence-corrected chi connectivity index (χ2v) is 7.20. The van der Waals surface area contributed by atoms with E-state index >= 15 is 0 Å². The molecule has 2 atom stereocenters. The van der Waals surface area contributed by atoms with Crippen molar-refractivity contribution >= 4 is 0 Å². The Balaban J connectivity index is 2.02. The molecular formula is C16H33NO2. The van der Waals surface area contributed by atoms with Crippen molar-refractivity contribution in [2.24, 2.45) is 5.92 Å². The van der Waals surface area contributed by atoms with Crippen LogP contribution in [-0.4, -0.2) is 37.5 Å². The molecule has 1 fully saturated rings. The summed E-state index contributed by atoms with van der Waals surface area (Å²) in [6, 6.07) is 0. The van der Waals surface area contributed by atoms with Crippen molar-refractivity contribution in [3.63, 3.8) is 0 Å². The second-order valence-electron chi connectivity index (χ2n) is 7.20. The van der Waals surface area contributed by atoms with Gasteiger partial charge in [0.25, 0.3) is 0 Å². The van der Waals surface area contributed by atoms with Gasteiger partial charge in [0.15, 0.2) is 0 Å². The van der Waals surface area contributed by atoms with E-state index in [-0.39, 0.29) is 5.54 Å². The van der Waals surface area contributed by atoms with Gasteiger partial charge in [-0.1, -0.05) is 13.8 Å². The molecular weight excluding hydrogens is 238 g/mol. The minimum absolute atomic E-state index is 0.175. The fraction of sp³-hybridized carbons (Fsp3) is 1.00. The van der Waals surface area contributed by atoms with Gasteiger partial charge in [0.2, 0.25) is 0 Å². The predicted octanol–water partition coefficient (Wildman–Crippen LogP) is 3.37. The zero-order chi connectivity index (χ0) is 14.3. The molecule has 0 amide bonds. The molecule has 0 spiro atoms. The zero-order valence-corrected chi connectivity index (χ0v) is 13.5. The summed E-state index contributed by atoms with van der Waals surface area (Å²) in [5.41, 5.74) is 0.175. The van der Waals surface area contributed by atoms with Crippen LogP contribution in [0.4, 0.5) is 0 Å². The highest BCUT2D eigenvalue weighted by Crippen LogP contribution is 2.20. The summed E-state index contributed by atoms with van der Waals surface area (Å²) in [7, 11) is 0. The molecule has 2 unspecified atom stereocenters. The fourth-order valence-corrected chi connectivity index (χ4v) is 2.28. The molecule has 19 heavy (non-hydrogen) atoms. The highest BCUT2D eigenvalue weighted by atomic mass is 16.5. The number of nitrogens with one attached hydrogen (secondary N) is 1. The van der Waals surface area contributed by atoms with Gasteiger partial charge in [-0.15, -0.1) is 0 Å². The smallest absolute Gasteiger partial charge is 0.0813 e. The van der Waals surface area contributed by atoms with Gasteiger partial charge < -0.3 is 14.8 Å². The highest BCUT2D eigenvalue weighted by Gasteiger charge is 2.26. The zero-order valence-electron chi connectivity index (χ0n) is 13.5. The third-order valence-electron chi connectivity index (χ3n) is 3.43. The number of hydrogen-bond acceptors (Lipinski definition) is 3. The van der Waals surface area contributed by atoms with Gasteiger partial charge in [-0.25, -0.2) is 0 Å². The molecule has 0 aliphatic carbocycles. The van der Waals surface area contributed by atoms with E-state index in [2.05, 4.69) is 39.9 Å². The van der Waals surface area contributed by atoms with Crippen molar-refractivity contribution in [3.05, 3.63) is 0 Å². The summed E-state index contributed by atoms with van der Waals surface area (Å²) in [6.07, 6.45) is 5.39. The van der Waals surface area contributed by atoms with Gasteiger partial charge >= 0.3 is 0 Å². The van der Waals surface area contributed by atoms with Crippen LogP contribution in [0.2, 0.25) is 0 Å². The lowest BCUT2D eigenvalue weighted by Crippen LogP contribution is -2.41. The summed E-state index contributed by atoms with van der Waals surface area (Å²) in [5.74, 6) is 0.777. The first kappa shape index (κ1) is 16.9. The van der Waals surface area contributed by atoms with Crippen LogP contribution >= 0.6 is 0 Å². The molecule has 0 saturated carbocycles. The molecule has 1 rings (SSSR count). The van der Waals surface area contributed by atoms with Crippen LogP contribution < -0.4 is 5.32 Å². The Kier molecular flexibility index (Phi) is 7.33. The van der Waals surface area contributed by atoms with Crippen molar-refractivity contribution in [2.45, 2.75) is 78.0 Å². The lowest BCUT2D eigenvalue weighted by atomic mass is 10.1. The Morgan fingerprint density at radius 1 is 1.21 bits per heavy atom. The average Bonchev–Trinajstić information content (AvgIpc) is 2.72. The lowest BCUT2D eigenvalue weighted by Gasteiger charge is -2.23. The summed E-state index contributed by atoms with van der Waals surface area (Å²) >= 11 is 0. The van der Waals surface area contributed by atoms with Gasteiger partial charge in [-0.3, -0.25) is 0 Å². The third kappa shape index (κ3) is 8.61. The Bertz CT molecular complexity index is 235. The number of hydrogen-bond donors (Lipinski definition) is 1. The number of ether oxygens (including phenoxy) is 2. The van der Waals surface area contributed by atoms with Crippen LogP contribution in [0.25, 0.3) is 0 Å². The molecule has 3 heteroatoms. The molecule has 0 bridgehead atoms. The van der Waals surface area contributed by atoms with Crippen molar-refractivity contribution in [1.82, 2.24) is 5.32 Å². The van der Waals surface area contributed by atoms with Crippen LogP contribution in [0.5, 0.6) is 0 Å². The quantitative estimate of drug-likeness (QED) is 0.687. The van der Waals surface area contributed by atoms with E-state index in [4.69, 9.17) is 9.47 Å². The summed E-state index contributed by atoms with van der Waals surface area (Å²) in [4.78, 5) is 0. The predicted molar refractivity (Wildman–Crippen MR) is 80.5 cm³/mol. The van der Waals surface area contributed by atoms with Crippen molar-refractivity contribution in [1.29, 1.82) is 0 Å². The number of rotatable bonds is 8. The third-order valence-corrected chi connectivity index (χ3v) is 3.43. The first-order valence-corrected chi connectivity index (χ1v) is 7.85. The molecule has 0 aromatic carbocycles. The Morgan fingerprint density at radius 2 is 1.89 bits per heavy atom. The molecule has 114 valence electrons. The highest BCUT2D eigenvalue weighted by molar-refractivity contribution is 4.79. The van der Waals surface area contributed by atoms with Crippen LogP contribution in [-0.2, 0) is 9.47 Å². The first-order valence-electron chi connectivity index (χ1n) is 7.85. The molecule has 0 radical (unpaired) electrons. The van der Waals surface area contributed by atoms with E-state index in [1.807, 2.05) is 0 Å². The van der Waals surface area contributed by atoms with E-state index in [0.29, 0.717) is 12.2 Å². The summed E-state index contributed by atoms with van der Waals surface area (Å²) in [5, 5.41) is 3.51. The molecule has 1 aliphatic rings. The van der Waals surface area contributed by atoms with E-state index < -0.39 is 0 Å². The fourth-order valence-electron chi connectivity index (χ4n) is 2.28. The first-order chi connectivity index (χ1) is 8.87. The molecule has 0 aromatic rings. The maximum atomic E-state index is 6.00. The maximum Gasteiger partial charge on any atom is 0.0813 e. The largest absolute Gasteiger partial charge is 0.379 e. The normalized spacial score (nSPS) is 24.3. The Morgan fingerprint density at radius 3 is 2.53 bits per heavy atom. The topological polar surface area (TPSA) is 30.5 Å². The minimum Gasteiger partial charge on any atom is -0.379 e. The van der Waals surface area contributed by atoms with E-state index in [0.717, 1.165) is 38.5 Å². The van der Waals surface area contributed by atoms with Crippen molar-refractivity contribution in [2.75, 3.05) is 19.8 Å². The maximum absolute atomic E-state index is 6.00. The van der Waals surface area contributed by atoms with Crippen molar-refractivity contribution < 1.29 is 9.47 Å². The van der Waals surface area contributed by atoms with E-state index in [1.165, 1.54) is 12.8 Å². The van der Waals surface area contributed by atoms with Crippen molar-refractivity contribution in [3.8, 4) is 0 Å². The lowest BCUT2D eigenvalue weighted by molar-refractivity contribution is -0.0166. The molecule has 1 heterocycles. The van der Waals surface area contributed by atoms with Gasteiger partial charge in [-0.05, 0) is 52.4 Å².